The van der Waals surface area contributed by atoms with Crippen LogP contribution in [0.4, 0.5) is 0 Å². The minimum absolute atomic E-state index is 0.776. The molecule has 0 bridgehead atoms. The Balaban J connectivity index is 2.15. The van der Waals surface area contributed by atoms with Crippen molar-refractivity contribution in [2.75, 3.05) is 7.11 Å². The van der Waals surface area contributed by atoms with Crippen molar-refractivity contribution in [3.8, 4) is 11.5 Å². The summed E-state index contributed by atoms with van der Waals surface area (Å²) in [4.78, 5) is 0. The Morgan fingerprint density at radius 2 is 2.12 bits per heavy atom. The van der Waals surface area contributed by atoms with Gasteiger partial charge in [0.25, 0.3) is 0 Å². The molecule has 0 saturated carbocycles. The van der Waals surface area contributed by atoms with E-state index in [0.717, 1.165) is 34.6 Å². The maximum Gasteiger partial charge on any atom is 0.136 e. The maximum absolute atomic E-state index is 5.73. The molecule has 16 heavy (non-hydrogen) atoms. The second-order valence-electron chi connectivity index (χ2n) is 3.48. The van der Waals surface area contributed by atoms with Crippen molar-refractivity contribution in [1.29, 1.82) is 0 Å². The van der Waals surface area contributed by atoms with Crippen LogP contribution >= 0.6 is 15.9 Å². The van der Waals surface area contributed by atoms with Gasteiger partial charge in [-0.2, -0.15) is 0 Å². The Hall–Kier alpha value is -1.22. The van der Waals surface area contributed by atoms with Gasteiger partial charge in [0.05, 0.1) is 11.6 Å². The van der Waals surface area contributed by atoms with Crippen LogP contribution < -0.4 is 9.47 Å². The molecule has 0 spiro atoms. The van der Waals surface area contributed by atoms with Crippen LogP contribution in [0.15, 0.2) is 46.7 Å². The normalized spacial score (nSPS) is 14.5. The summed E-state index contributed by atoms with van der Waals surface area (Å²) in [5.41, 5.74) is 0. The van der Waals surface area contributed by atoms with Crippen molar-refractivity contribution in [1.82, 2.24) is 0 Å². The zero-order valence-corrected chi connectivity index (χ0v) is 10.7. The lowest BCUT2D eigenvalue weighted by Crippen LogP contribution is -1.95. The second-order valence-corrected chi connectivity index (χ2v) is 4.34. The summed E-state index contributed by atoms with van der Waals surface area (Å²) >= 11 is 3.41. The van der Waals surface area contributed by atoms with E-state index in [1.807, 2.05) is 24.3 Å². The van der Waals surface area contributed by atoms with Gasteiger partial charge >= 0.3 is 0 Å². The fraction of sp³-hybridized carbons (Fsp3) is 0.231. The molecular weight excluding hydrogens is 268 g/mol. The largest absolute Gasteiger partial charge is 0.495 e. The van der Waals surface area contributed by atoms with Gasteiger partial charge in [-0.1, -0.05) is 6.08 Å². The summed E-state index contributed by atoms with van der Waals surface area (Å²) in [7, 11) is 1.64. The molecule has 0 N–H and O–H groups in total. The van der Waals surface area contributed by atoms with E-state index in [-0.39, 0.29) is 0 Å². The first-order valence-corrected chi connectivity index (χ1v) is 5.97. The average molecular weight is 281 g/mol. The van der Waals surface area contributed by atoms with Crippen molar-refractivity contribution in [2.24, 2.45) is 0 Å². The van der Waals surface area contributed by atoms with Gasteiger partial charge in [0, 0.05) is 6.07 Å². The number of benzene rings is 1. The molecule has 1 aromatic rings. The molecule has 2 rings (SSSR count). The summed E-state index contributed by atoms with van der Waals surface area (Å²) < 4.78 is 11.9. The molecule has 0 unspecified atom stereocenters. The van der Waals surface area contributed by atoms with Gasteiger partial charge in [-0.3, -0.25) is 0 Å². The molecule has 0 heterocycles. The van der Waals surface area contributed by atoms with Crippen LogP contribution in [0.25, 0.3) is 0 Å². The summed E-state index contributed by atoms with van der Waals surface area (Å²) in [5, 5.41) is 0. The van der Waals surface area contributed by atoms with Gasteiger partial charge in [-0.25, -0.2) is 0 Å². The van der Waals surface area contributed by atoms with E-state index in [0.29, 0.717) is 0 Å². The third-order valence-corrected chi connectivity index (χ3v) is 2.97. The van der Waals surface area contributed by atoms with Gasteiger partial charge in [-0.05, 0) is 53.1 Å². The van der Waals surface area contributed by atoms with Gasteiger partial charge in [-0.15, -0.1) is 0 Å². The van der Waals surface area contributed by atoms with Crippen LogP contribution in [0.2, 0.25) is 0 Å². The molecule has 0 amide bonds. The molecule has 2 nitrogen and oxygen atoms in total. The Morgan fingerprint density at radius 3 is 2.81 bits per heavy atom. The summed E-state index contributed by atoms with van der Waals surface area (Å²) in [6.45, 7) is 0. The lowest BCUT2D eigenvalue weighted by molar-refractivity contribution is 0.401. The number of allylic oxidation sites excluding steroid dienone is 3. The minimum atomic E-state index is 0.776. The molecule has 0 aromatic heterocycles. The summed E-state index contributed by atoms with van der Waals surface area (Å²) in [6.07, 6.45) is 8.34. The molecule has 0 atom stereocenters. The highest BCUT2D eigenvalue weighted by molar-refractivity contribution is 9.10. The van der Waals surface area contributed by atoms with Crippen molar-refractivity contribution < 1.29 is 9.47 Å². The third kappa shape index (κ3) is 2.67. The van der Waals surface area contributed by atoms with E-state index in [9.17, 15) is 0 Å². The molecule has 0 saturated heterocycles. The van der Waals surface area contributed by atoms with E-state index in [4.69, 9.17) is 9.47 Å². The minimum Gasteiger partial charge on any atom is -0.495 e. The van der Waals surface area contributed by atoms with Crippen LogP contribution in [0, 0.1) is 0 Å². The monoisotopic (exact) mass is 280 g/mol. The van der Waals surface area contributed by atoms with Gasteiger partial charge < -0.3 is 9.47 Å². The lowest BCUT2D eigenvalue weighted by Gasteiger charge is -2.11. The van der Waals surface area contributed by atoms with Crippen LogP contribution in [-0.2, 0) is 0 Å². The number of hydrogen-bond acceptors (Lipinski definition) is 2. The first-order chi connectivity index (χ1) is 7.79. The Bertz CT molecular complexity index is 436. The van der Waals surface area contributed by atoms with Crippen molar-refractivity contribution in [3.63, 3.8) is 0 Å². The van der Waals surface area contributed by atoms with E-state index >= 15 is 0 Å². The quantitative estimate of drug-likeness (QED) is 0.831. The van der Waals surface area contributed by atoms with Gasteiger partial charge in [0.15, 0.2) is 0 Å². The van der Waals surface area contributed by atoms with Crippen LogP contribution in [0.1, 0.15) is 12.8 Å². The fourth-order valence-corrected chi connectivity index (χ4v) is 1.91. The molecule has 84 valence electrons. The standard InChI is InChI=1S/C13H13BrO2/c1-15-13-9-11(7-8-12(13)14)16-10-5-3-2-4-6-10/h3,5-9H,2,4H2,1H3. The second kappa shape index (κ2) is 5.21. The number of halogens is 1. The van der Waals surface area contributed by atoms with E-state index in [1.54, 1.807) is 7.11 Å². The first kappa shape index (κ1) is 11.3. The lowest BCUT2D eigenvalue weighted by atomic mass is 10.2. The molecule has 0 aliphatic heterocycles. The van der Waals surface area contributed by atoms with Crippen molar-refractivity contribution in [3.05, 3.63) is 46.7 Å². The van der Waals surface area contributed by atoms with Crippen LogP contribution in [-0.4, -0.2) is 7.11 Å². The zero-order chi connectivity index (χ0) is 11.4. The Morgan fingerprint density at radius 1 is 1.25 bits per heavy atom. The van der Waals surface area contributed by atoms with Gasteiger partial charge in [0.2, 0.25) is 0 Å². The summed E-state index contributed by atoms with van der Waals surface area (Å²) in [6, 6.07) is 5.70. The molecule has 1 aliphatic carbocycles. The maximum atomic E-state index is 5.73. The average Bonchev–Trinajstić information content (AvgIpc) is 2.33. The number of methoxy groups -OCH3 is 1. The van der Waals surface area contributed by atoms with E-state index in [1.165, 1.54) is 0 Å². The molecule has 0 radical (unpaired) electrons. The highest BCUT2D eigenvalue weighted by Gasteiger charge is 2.04. The van der Waals surface area contributed by atoms with Gasteiger partial charge in [0.1, 0.15) is 17.3 Å². The number of ether oxygens (including phenoxy) is 2. The first-order valence-electron chi connectivity index (χ1n) is 5.17. The molecule has 3 heteroatoms. The van der Waals surface area contributed by atoms with E-state index < -0.39 is 0 Å². The number of hydrogen-bond donors (Lipinski definition) is 0. The van der Waals surface area contributed by atoms with Crippen LogP contribution in [0.3, 0.4) is 0 Å². The van der Waals surface area contributed by atoms with Crippen molar-refractivity contribution >= 4 is 15.9 Å². The van der Waals surface area contributed by atoms with Crippen LogP contribution in [0.5, 0.6) is 11.5 Å². The highest BCUT2D eigenvalue weighted by Crippen LogP contribution is 2.30. The molecule has 1 aromatic carbocycles. The molecular formula is C13H13BrO2. The van der Waals surface area contributed by atoms with Crippen molar-refractivity contribution in [2.45, 2.75) is 12.8 Å². The predicted molar refractivity (Wildman–Crippen MR) is 67.8 cm³/mol. The van der Waals surface area contributed by atoms with E-state index in [2.05, 4.69) is 28.1 Å². The molecule has 0 fully saturated rings. The number of rotatable bonds is 3. The fourth-order valence-electron chi connectivity index (χ4n) is 1.50. The smallest absolute Gasteiger partial charge is 0.136 e. The SMILES string of the molecule is COc1cc(OC2=CCCC=C2)ccc1Br. The third-order valence-electron chi connectivity index (χ3n) is 2.32. The Kier molecular flexibility index (Phi) is 3.67. The highest BCUT2D eigenvalue weighted by atomic mass is 79.9. The zero-order valence-electron chi connectivity index (χ0n) is 9.07. The predicted octanol–water partition coefficient (Wildman–Crippen LogP) is 4.07. The Labute approximate surface area is 104 Å². The topological polar surface area (TPSA) is 18.5 Å². The summed E-state index contributed by atoms with van der Waals surface area (Å²) in [5.74, 6) is 2.46. The molecule has 1 aliphatic rings.